The summed E-state index contributed by atoms with van der Waals surface area (Å²) < 4.78 is 0. The van der Waals surface area contributed by atoms with Gasteiger partial charge in [0, 0.05) is 37.8 Å². The lowest BCUT2D eigenvalue weighted by Gasteiger charge is -2.31. The first-order valence-corrected chi connectivity index (χ1v) is 10.6. The summed E-state index contributed by atoms with van der Waals surface area (Å²) in [4.78, 5) is 48.1. The Kier molecular flexibility index (Phi) is 6.16. The van der Waals surface area contributed by atoms with Crippen LogP contribution in [0.25, 0.3) is 11.5 Å². The maximum atomic E-state index is 12.9. The van der Waals surface area contributed by atoms with E-state index in [2.05, 4.69) is 30.2 Å². The van der Waals surface area contributed by atoms with Gasteiger partial charge in [-0.1, -0.05) is 6.07 Å². The Morgan fingerprint density at radius 2 is 1.78 bits per heavy atom. The topological polar surface area (TPSA) is 114 Å². The molecule has 9 nitrogen and oxygen atoms in total. The molecule has 0 spiro atoms. The Morgan fingerprint density at radius 1 is 1.00 bits per heavy atom. The number of carbonyl (C=O) groups excluding carboxylic acids is 2. The third-order valence-corrected chi connectivity index (χ3v) is 5.58. The van der Waals surface area contributed by atoms with Crippen LogP contribution in [0.2, 0.25) is 0 Å². The summed E-state index contributed by atoms with van der Waals surface area (Å²) in [5, 5.41) is 2.75. The Bertz CT molecular complexity index is 1140. The number of piperidine rings is 1. The molecule has 0 aliphatic carbocycles. The summed E-state index contributed by atoms with van der Waals surface area (Å²) in [6.07, 6.45) is 3.41. The number of carbonyl (C=O) groups is 2. The number of amides is 2. The predicted octanol–water partition coefficient (Wildman–Crippen LogP) is 2.92. The lowest BCUT2D eigenvalue weighted by Crippen LogP contribution is -2.36. The number of aromatic nitrogens is 5. The zero-order valence-electron chi connectivity index (χ0n) is 18.4. The van der Waals surface area contributed by atoms with Crippen molar-refractivity contribution in [3.8, 4) is 11.5 Å². The molecule has 164 valence electrons. The number of aryl methyl sites for hydroxylation is 2. The molecule has 3 aromatic heterocycles. The van der Waals surface area contributed by atoms with Crippen molar-refractivity contribution >= 4 is 17.8 Å². The van der Waals surface area contributed by atoms with Crippen LogP contribution < -0.4 is 5.32 Å². The van der Waals surface area contributed by atoms with Crippen LogP contribution >= 0.6 is 0 Å². The highest BCUT2D eigenvalue weighted by molar-refractivity contribution is 6.04. The quantitative estimate of drug-likeness (QED) is 0.675. The van der Waals surface area contributed by atoms with E-state index in [9.17, 15) is 9.59 Å². The van der Waals surface area contributed by atoms with Gasteiger partial charge in [-0.25, -0.2) is 4.98 Å². The van der Waals surface area contributed by atoms with Crippen LogP contribution in [-0.2, 0) is 4.79 Å². The third kappa shape index (κ3) is 4.77. The molecule has 9 heteroatoms. The number of hydrogen-bond donors (Lipinski definition) is 1. The molecule has 0 aromatic carbocycles. The van der Waals surface area contributed by atoms with Crippen LogP contribution in [0, 0.1) is 13.8 Å². The predicted molar refractivity (Wildman–Crippen MR) is 119 cm³/mol. The lowest BCUT2D eigenvalue weighted by molar-refractivity contribution is -0.129. The summed E-state index contributed by atoms with van der Waals surface area (Å²) in [5.41, 5.74) is 2.67. The van der Waals surface area contributed by atoms with E-state index in [1.54, 1.807) is 32.2 Å². The van der Waals surface area contributed by atoms with Gasteiger partial charge in [0.2, 0.25) is 11.9 Å². The van der Waals surface area contributed by atoms with Gasteiger partial charge in [-0.05, 0) is 51.0 Å². The van der Waals surface area contributed by atoms with Crippen LogP contribution in [0.1, 0.15) is 53.3 Å². The summed E-state index contributed by atoms with van der Waals surface area (Å²) >= 11 is 0. The highest BCUT2D eigenvalue weighted by atomic mass is 16.2. The molecule has 3 aromatic rings. The van der Waals surface area contributed by atoms with Crippen molar-refractivity contribution < 1.29 is 9.59 Å². The molecule has 4 rings (SSSR count). The standard InChI is InChI=1S/C23H25N7O2/c1-14-18(7-8-19(25-14)17-9-12-30(13-10-17)16(3)31)22(32)29-23-27-15(2)26-21(28-23)20-6-4-5-11-24-20/h4-8,11,17H,9-10,12-13H2,1-3H3,(H,26,27,28,29,32). The van der Waals surface area contributed by atoms with Crippen molar-refractivity contribution in [2.45, 2.75) is 39.5 Å². The summed E-state index contributed by atoms with van der Waals surface area (Å²) in [5.74, 6) is 1.12. The molecule has 1 fully saturated rings. The first-order valence-electron chi connectivity index (χ1n) is 10.6. The molecule has 0 radical (unpaired) electrons. The molecular weight excluding hydrogens is 406 g/mol. The molecule has 0 bridgehead atoms. The average Bonchev–Trinajstić information content (AvgIpc) is 2.79. The second kappa shape index (κ2) is 9.17. The fourth-order valence-electron chi connectivity index (χ4n) is 3.85. The molecule has 1 N–H and O–H groups in total. The highest BCUT2D eigenvalue weighted by Crippen LogP contribution is 2.27. The molecule has 0 atom stereocenters. The molecule has 1 aliphatic heterocycles. The van der Waals surface area contributed by atoms with E-state index in [1.165, 1.54) is 0 Å². The number of likely N-dealkylation sites (tertiary alicyclic amines) is 1. The first kappa shape index (κ1) is 21.5. The molecule has 1 saturated heterocycles. The van der Waals surface area contributed by atoms with E-state index < -0.39 is 0 Å². The number of nitrogens with zero attached hydrogens (tertiary/aromatic N) is 6. The van der Waals surface area contributed by atoms with Crippen LogP contribution in [0.4, 0.5) is 5.95 Å². The molecule has 2 amide bonds. The van der Waals surface area contributed by atoms with E-state index in [-0.39, 0.29) is 23.7 Å². The van der Waals surface area contributed by atoms with Crippen molar-refractivity contribution in [1.29, 1.82) is 0 Å². The molecule has 1 aliphatic rings. The Morgan fingerprint density at radius 3 is 2.44 bits per heavy atom. The van der Waals surface area contributed by atoms with E-state index >= 15 is 0 Å². The van der Waals surface area contributed by atoms with Crippen LogP contribution in [-0.4, -0.2) is 54.7 Å². The normalized spacial score (nSPS) is 14.3. The Labute approximate surface area is 186 Å². The van der Waals surface area contributed by atoms with Crippen molar-refractivity contribution in [2.75, 3.05) is 18.4 Å². The maximum Gasteiger partial charge on any atom is 0.259 e. The number of nitrogens with one attached hydrogen (secondary N) is 1. The first-order chi connectivity index (χ1) is 15.4. The second-order valence-corrected chi connectivity index (χ2v) is 7.85. The monoisotopic (exact) mass is 431 g/mol. The fourth-order valence-corrected chi connectivity index (χ4v) is 3.85. The van der Waals surface area contributed by atoms with Gasteiger partial charge in [0.25, 0.3) is 5.91 Å². The fraction of sp³-hybridized carbons (Fsp3) is 0.348. The van der Waals surface area contributed by atoms with Gasteiger partial charge in [0.15, 0.2) is 5.82 Å². The summed E-state index contributed by atoms with van der Waals surface area (Å²) in [6, 6.07) is 9.15. The number of pyridine rings is 2. The van der Waals surface area contributed by atoms with Gasteiger partial charge in [0.1, 0.15) is 11.5 Å². The van der Waals surface area contributed by atoms with Crippen LogP contribution in [0.15, 0.2) is 36.5 Å². The van der Waals surface area contributed by atoms with Gasteiger partial charge >= 0.3 is 0 Å². The summed E-state index contributed by atoms with van der Waals surface area (Å²) in [6.45, 7) is 6.63. The molecule has 4 heterocycles. The largest absolute Gasteiger partial charge is 0.343 e. The van der Waals surface area contributed by atoms with Gasteiger partial charge in [-0.15, -0.1) is 0 Å². The highest BCUT2D eigenvalue weighted by Gasteiger charge is 2.24. The Hall–Kier alpha value is -3.75. The van der Waals surface area contributed by atoms with E-state index in [0.29, 0.717) is 28.6 Å². The lowest BCUT2D eigenvalue weighted by atomic mass is 9.92. The minimum Gasteiger partial charge on any atom is -0.343 e. The summed E-state index contributed by atoms with van der Waals surface area (Å²) in [7, 11) is 0. The number of hydrogen-bond acceptors (Lipinski definition) is 7. The number of rotatable bonds is 4. The zero-order chi connectivity index (χ0) is 22.7. The van der Waals surface area contributed by atoms with Crippen LogP contribution in [0.5, 0.6) is 0 Å². The van der Waals surface area contributed by atoms with Crippen LogP contribution in [0.3, 0.4) is 0 Å². The molecular formula is C23H25N7O2. The minimum absolute atomic E-state index is 0.111. The zero-order valence-corrected chi connectivity index (χ0v) is 18.4. The third-order valence-electron chi connectivity index (χ3n) is 5.58. The van der Waals surface area contributed by atoms with Crippen molar-refractivity contribution in [2.24, 2.45) is 0 Å². The van der Waals surface area contributed by atoms with Crippen molar-refractivity contribution in [3.63, 3.8) is 0 Å². The van der Waals surface area contributed by atoms with E-state index in [0.717, 1.165) is 31.6 Å². The van der Waals surface area contributed by atoms with E-state index in [1.807, 2.05) is 30.0 Å². The SMILES string of the molecule is CC(=O)N1CCC(c2ccc(C(=O)Nc3nc(C)nc(-c4ccccn4)n3)c(C)n2)CC1. The second-order valence-electron chi connectivity index (χ2n) is 7.85. The molecule has 0 saturated carbocycles. The van der Waals surface area contributed by atoms with Crippen molar-refractivity contribution in [1.82, 2.24) is 29.8 Å². The Balaban J connectivity index is 1.49. The van der Waals surface area contributed by atoms with Gasteiger partial charge in [-0.2, -0.15) is 9.97 Å². The van der Waals surface area contributed by atoms with Gasteiger partial charge < -0.3 is 4.90 Å². The molecule has 0 unspecified atom stereocenters. The number of anilines is 1. The minimum atomic E-state index is -0.328. The van der Waals surface area contributed by atoms with Gasteiger partial charge in [-0.3, -0.25) is 24.9 Å². The average molecular weight is 432 g/mol. The van der Waals surface area contributed by atoms with E-state index in [4.69, 9.17) is 0 Å². The smallest absolute Gasteiger partial charge is 0.259 e. The molecule has 32 heavy (non-hydrogen) atoms. The maximum absolute atomic E-state index is 12.9. The van der Waals surface area contributed by atoms with Crippen molar-refractivity contribution in [3.05, 3.63) is 59.3 Å². The van der Waals surface area contributed by atoms with Gasteiger partial charge in [0.05, 0.1) is 11.3 Å².